The molecular weight excluding hydrogens is 534 g/mol. The summed E-state index contributed by atoms with van der Waals surface area (Å²) in [5.74, 6) is -2.87. The van der Waals surface area contributed by atoms with Gasteiger partial charge in [-0.25, -0.2) is 32.5 Å². The molecule has 1 fully saturated rings. The van der Waals surface area contributed by atoms with E-state index in [4.69, 9.17) is 5.73 Å². The smallest absolute Gasteiger partial charge is 0.230 e. The van der Waals surface area contributed by atoms with E-state index >= 15 is 4.39 Å². The molecule has 0 radical (unpaired) electrons. The van der Waals surface area contributed by atoms with Crippen LogP contribution in [0.5, 0.6) is 0 Å². The van der Waals surface area contributed by atoms with Gasteiger partial charge in [0, 0.05) is 35.5 Å². The molecule has 3 aromatic rings. The van der Waals surface area contributed by atoms with Gasteiger partial charge in [0.05, 0.1) is 37.3 Å². The van der Waals surface area contributed by atoms with Gasteiger partial charge in [0.25, 0.3) is 0 Å². The second kappa shape index (κ2) is 10.5. The van der Waals surface area contributed by atoms with Crippen LogP contribution in [-0.2, 0) is 16.8 Å². The van der Waals surface area contributed by atoms with E-state index < -0.39 is 41.1 Å². The van der Waals surface area contributed by atoms with Crippen molar-refractivity contribution in [1.82, 2.24) is 15.0 Å². The molecule has 0 aliphatic carbocycles. The third-order valence-corrected chi connectivity index (χ3v) is 7.06. The number of fused-ring (bicyclic) bond motifs is 1. The molecule has 0 saturated carbocycles. The standard InChI is InChI=1S/C23H19F4N7OS.ClH/c24-13-3-18(27)19(29-6-13)5-20(35)32-15-1-2-17(26)16(4-15)23-11-34(22-30-7-14(25)8-31-22)9-12(23)10-36-21(28)33-23;/h1-4,6-8,12H,5,9-11H2,(H2,28,33)(H,32,35);1H/t12-,23-;/m0./s1. The van der Waals surface area contributed by atoms with E-state index in [2.05, 4.69) is 25.3 Å². The molecule has 0 unspecified atom stereocenters. The molecule has 5 rings (SSSR count). The molecule has 1 amide bonds. The topological polar surface area (TPSA) is 109 Å². The lowest BCUT2D eigenvalue weighted by Crippen LogP contribution is -2.40. The number of thioether (sulfide) groups is 1. The highest BCUT2D eigenvalue weighted by molar-refractivity contribution is 8.13. The van der Waals surface area contributed by atoms with Crippen molar-refractivity contribution < 1.29 is 22.4 Å². The summed E-state index contributed by atoms with van der Waals surface area (Å²) in [5.41, 5.74) is 5.21. The lowest BCUT2D eigenvalue weighted by Gasteiger charge is -2.35. The van der Waals surface area contributed by atoms with Gasteiger partial charge in [-0.15, -0.1) is 12.4 Å². The number of pyridine rings is 1. The largest absolute Gasteiger partial charge is 0.379 e. The molecule has 0 bridgehead atoms. The minimum Gasteiger partial charge on any atom is -0.379 e. The number of amides is 1. The molecule has 2 aliphatic heterocycles. The SMILES string of the molecule is Cl.NC1=N[C@@]2(c3cc(NC(=O)Cc4ncc(F)cc4F)ccc3F)CN(c3ncc(F)cn3)C[C@H]2CS1. The van der Waals surface area contributed by atoms with Crippen molar-refractivity contribution in [2.45, 2.75) is 12.0 Å². The Morgan fingerprint density at radius 3 is 2.54 bits per heavy atom. The zero-order valence-corrected chi connectivity index (χ0v) is 20.6. The van der Waals surface area contributed by atoms with Gasteiger partial charge in [-0.2, -0.15) is 0 Å². The van der Waals surface area contributed by atoms with Crippen LogP contribution in [0.2, 0.25) is 0 Å². The zero-order valence-electron chi connectivity index (χ0n) is 19.0. The first-order valence-electron chi connectivity index (χ1n) is 10.8. The molecule has 1 aromatic carbocycles. The summed E-state index contributed by atoms with van der Waals surface area (Å²) in [6, 6.07) is 4.69. The van der Waals surface area contributed by atoms with Gasteiger partial charge in [-0.3, -0.25) is 9.78 Å². The van der Waals surface area contributed by atoms with E-state index in [1.54, 1.807) is 4.90 Å². The summed E-state index contributed by atoms with van der Waals surface area (Å²) in [6.07, 6.45) is 2.49. The first-order chi connectivity index (χ1) is 17.2. The number of halogens is 5. The maximum absolute atomic E-state index is 15.2. The number of rotatable bonds is 5. The number of hydrogen-bond donors (Lipinski definition) is 2. The number of nitrogens with two attached hydrogens (primary N) is 1. The van der Waals surface area contributed by atoms with Crippen LogP contribution >= 0.6 is 24.2 Å². The number of nitrogens with zero attached hydrogens (tertiary/aromatic N) is 5. The van der Waals surface area contributed by atoms with Gasteiger partial charge >= 0.3 is 0 Å². The number of nitrogens with one attached hydrogen (secondary N) is 1. The Hall–Kier alpha value is -3.45. The molecule has 2 aliphatic rings. The summed E-state index contributed by atoms with van der Waals surface area (Å²) in [4.78, 5) is 30.6. The summed E-state index contributed by atoms with van der Waals surface area (Å²) in [7, 11) is 0. The number of aromatic nitrogens is 3. The van der Waals surface area contributed by atoms with Crippen LogP contribution in [0.25, 0.3) is 0 Å². The van der Waals surface area contributed by atoms with E-state index in [1.165, 1.54) is 30.0 Å². The minimum absolute atomic E-state index is 0. The lowest BCUT2D eigenvalue weighted by molar-refractivity contribution is -0.115. The summed E-state index contributed by atoms with van der Waals surface area (Å²) in [5, 5.41) is 2.90. The monoisotopic (exact) mass is 553 g/mol. The van der Waals surface area contributed by atoms with Gasteiger partial charge in [0.15, 0.2) is 11.0 Å². The Kier molecular flexibility index (Phi) is 7.55. The fraction of sp³-hybridized carbons (Fsp3) is 0.261. The number of carbonyl (C=O) groups is 1. The van der Waals surface area contributed by atoms with Crippen LogP contribution in [0.4, 0.5) is 29.2 Å². The van der Waals surface area contributed by atoms with Gasteiger partial charge in [-0.05, 0) is 18.2 Å². The Morgan fingerprint density at radius 2 is 1.81 bits per heavy atom. The third kappa shape index (κ3) is 5.32. The van der Waals surface area contributed by atoms with Crippen LogP contribution < -0.4 is 16.0 Å². The van der Waals surface area contributed by atoms with Crippen LogP contribution in [0.3, 0.4) is 0 Å². The molecule has 3 N–H and O–H groups in total. The summed E-state index contributed by atoms with van der Waals surface area (Å²) >= 11 is 1.35. The molecule has 2 aromatic heterocycles. The fourth-order valence-corrected chi connectivity index (χ4v) is 5.47. The molecule has 2 atom stereocenters. The second-order valence-corrected chi connectivity index (χ2v) is 9.51. The molecule has 37 heavy (non-hydrogen) atoms. The van der Waals surface area contributed by atoms with Gasteiger partial charge < -0.3 is 16.0 Å². The molecular formula is C23H20ClF4N7OS. The van der Waals surface area contributed by atoms with Crippen molar-refractivity contribution in [3.05, 3.63) is 77.4 Å². The van der Waals surface area contributed by atoms with Crippen molar-refractivity contribution in [2.24, 2.45) is 16.6 Å². The Morgan fingerprint density at radius 1 is 1.08 bits per heavy atom. The average Bonchev–Trinajstić information content (AvgIpc) is 3.22. The Balaban J connectivity index is 0.00000320. The van der Waals surface area contributed by atoms with Gasteiger partial charge in [0.2, 0.25) is 11.9 Å². The van der Waals surface area contributed by atoms with Crippen molar-refractivity contribution in [1.29, 1.82) is 0 Å². The van der Waals surface area contributed by atoms with Crippen LogP contribution in [0.15, 0.2) is 47.8 Å². The van der Waals surface area contributed by atoms with E-state index in [0.29, 0.717) is 23.5 Å². The molecule has 4 heterocycles. The van der Waals surface area contributed by atoms with Crippen LogP contribution in [-0.4, -0.2) is 44.9 Å². The number of anilines is 2. The molecule has 194 valence electrons. The van der Waals surface area contributed by atoms with E-state index in [0.717, 1.165) is 18.6 Å². The lowest BCUT2D eigenvalue weighted by atomic mass is 9.81. The predicted octanol–water partition coefficient (Wildman–Crippen LogP) is 3.42. The fourth-order valence-electron chi connectivity index (χ4n) is 4.49. The maximum atomic E-state index is 15.2. The quantitative estimate of drug-likeness (QED) is 0.466. The summed E-state index contributed by atoms with van der Waals surface area (Å²) < 4.78 is 55.6. The van der Waals surface area contributed by atoms with Crippen molar-refractivity contribution in [3.8, 4) is 0 Å². The van der Waals surface area contributed by atoms with Gasteiger partial charge in [0.1, 0.15) is 23.0 Å². The average molecular weight is 554 g/mol. The maximum Gasteiger partial charge on any atom is 0.230 e. The Labute approximate surface area is 219 Å². The number of aliphatic imine (C=N–C) groups is 1. The number of amidine groups is 1. The highest BCUT2D eigenvalue weighted by atomic mass is 35.5. The van der Waals surface area contributed by atoms with E-state index in [1.807, 2.05) is 0 Å². The molecule has 1 saturated heterocycles. The first kappa shape index (κ1) is 26.6. The molecule has 0 spiro atoms. The number of benzene rings is 1. The number of hydrogen-bond acceptors (Lipinski definition) is 8. The third-order valence-electron chi connectivity index (χ3n) is 6.11. The van der Waals surface area contributed by atoms with Crippen LogP contribution in [0.1, 0.15) is 11.3 Å². The Bertz CT molecular complexity index is 1360. The predicted molar refractivity (Wildman–Crippen MR) is 134 cm³/mol. The molecule has 14 heteroatoms. The van der Waals surface area contributed by atoms with Gasteiger partial charge in [-0.1, -0.05) is 11.8 Å². The zero-order chi connectivity index (χ0) is 25.4. The van der Waals surface area contributed by atoms with E-state index in [9.17, 15) is 18.0 Å². The summed E-state index contributed by atoms with van der Waals surface area (Å²) in [6.45, 7) is 0.616. The highest BCUT2D eigenvalue weighted by Gasteiger charge is 2.52. The normalized spacial score (nSPS) is 20.6. The molecule has 8 nitrogen and oxygen atoms in total. The van der Waals surface area contributed by atoms with E-state index in [-0.39, 0.29) is 47.8 Å². The second-order valence-electron chi connectivity index (χ2n) is 8.47. The van der Waals surface area contributed by atoms with Crippen molar-refractivity contribution in [2.75, 3.05) is 29.1 Å². The highest BCUT2D eigenvalue weighted by Crippen LogP contribution is 2.47. The van der Waals surface area contributed by atoms with Crippen molar-refractivity contribution >= 4 is 46.9 Å². The first-order valence-corrected chi connectivity index (χ1v) is 11.8. The minimum atomic E-state index is -1.09. The van der Waals surface area contributed by atoms with Crippen molar-refractivity contribution in [3.63, 3.8) is 0 Å². The van der Waals surface area contributed by atoms with Crippen LogP contribution in [0, 0.1) is 29.2 Å². The number of carbonyl (C=O) groups excluding carboxylic acids is 1.